The number of aromatic nitrogens is 2. The number of nitrogens with one attached hydrogen (secondary N) is 1. The molecule has 0 bridgehead atoms. The molecule has 94 valence electrons. The van der Waals surface area contributed by atoms with Crippen LogP contribution in [0.25, 0.3) is 0 Å². The minimum Gasteiger partial charge on any atom is -0.304 e. The predicted molar refractivity (Wildman–Crippen MR) is 73.5 cm³/mol. The maximum absolute atomic E-state index is 4.35. The van der Waals surface area contributed by atoms with Gasteiger partial charge in [-0.2, -0.15) is 0 Å². The van der Waals surface area contributed by atoms with Gasteiger partial charge in [0.25, 0.3) is 0 Å². The van der Waals surface area contributed by atoms with E-state index in [9.17, 15) is 0 Å². The predicted octanol–water partition coefficient (Wildman–Crippen LogP) is 2.79. The van der Waals surface area contributed by atoms with Crippen LogP contribution >= 0.6 is 0 Å². The van der Waals surface area contributed by atoms with E-state index in [1.54, 1.807) is 12.4 Å². The number of nitrogens with zero attached hydrogens (tertiary/aromatic N) is 2. The molecule has 0 saturated carbocycles. The van der Waals surface area contributed by atoms with Gasteiger partial charge in [-0.3, -0.25) is 0 Å². The highest BCUT2D eigenvalue weighted by Gasteiger charge is 2.15. The fourth-order valence-electron chi connectivity index (χ4n) is 1.97. The second-order valence-corrected chi connectivity index (χ2v) is 4.44. The highest BCUT2D eigenvalue weighted by atomic mass is 15.0. The average Bonchev–Trinajstić information content (AvgIpc) is 2.40. The van der Waals surface area contributed by atoms with Gasteiger partial charge in [0.15, 0.2) is 0 Å². The van der Waals surface area contributed by atoms with Gasteiger partial charge < -0.3 is 5.32 Å². The summed E-state index contributed by atoms with van der Waals surface area (Å²) in [5.74, 6) is 0.822. The van der Waals surface area contributed by atoms with Crippen LogP contribution in [0, 0.1) is 13.8 Å². The third-order valence-electron chi connectivity index (χ3n) is 3.12. The van der Waals surface area contributed by atoms with Crippen LogP contribution in [-0.2, 0) is 0 Å². The second-order valence-electron chi connectivity index (χ2n) is 4.44. The van der Waals surface area contributed by atoms with Gasteiger partial charge in [0.05, 0.1) is 6.04 Å². The largest absolute Gasteiger partial charge is 0.304 e. The molecule has 2 rings (SSSR count). The van der Waals surface area contributed by atoms with E-state index in [4.69, 9.17) is 0 Å². The van der Waals surface area contributed by atoms with Crippen molar-refractivity contribution in [3.63, 3.8) is 0 Å². The van der Waals surface area contributed by atoms with E-state index in [0.717, 1.165) is 12.4 Å². The van der Waals surface area contributed by atoms with Crippen LogP contribution in [0.1, 0.15) is 35.5 Å². The Balaban J connectivity index is 2.38. The summed E-state index contributed by atoms with van der Waals surface area (Å²) in [4.78, 5) is 8.71. The molecule has 0 aliphatic carbocycles. The molecule has 3 nitrogen and oxygen atoms in total. The highest BCUT2D eigenvalue weighted by molar-refractivity contribution is 5.34. The van der Waals surface area contributed by atoms with Crippen LogP contribution in [-0.4, -0.2) is 16.5 Å². The summed E-state index contributed by atoms with van der Waals surface area (Å²) < 4.78 is 0. The highest BCUT2D eigenvalue weighted by Crippen LogP contribution is 2.21. The van der Waals surface area contributed by atoms with Gasteiger partial charge in [0.1, 0.15) is 5.82 Å². The number of aryl methyl sites for hydroxylation is 2. The molecule has 3 heteroatoms. The lowest BCUT2D eigenvalue weighted by atomic mass is 10.0. The van der Waals surface area contributed by atoms with Crippen molar-refractivity contribution in [1.29, 1.82) is 0 Å². The minimum atomic E-state index is 0.0653. The summed E-state index contributed by atoms with van der Waals surface area (Å²) in [6.45, 7) is 7.24. The van der Waals surface area contributed by atoms with Crippen molar-refractivity contribution in [3.05, 3.63) is 59.2 Å². The van der Waals surface area contributed by atoms with Crippen molar-refractivity contribution in [3.8, 4) is 0 Å². The lowest BCUT2D eigenvalue weighted by molar-refractivity contribution is 0.597. The average molecular weight is 241 g/mol. The van der Waals surface area contributed by atoms with Gasteiger partial charge >= 0.3 is 0 Å². The number of rotatable bonds is 4. The first-order valence-electron chi connectivity index (χ1n) is 6.29. The molecule has 0 amide bonds. The Bertz CT molecular complexity index is 508. The molecule has 2 aromatic rings. The van der Waals surface area contributed by atoms with Crippen LogP contribution in [0.15, 0.2) is 36.7 Å². The van der Waals surface area contributed by atoms with Crippen LogP contribution in [0.2, 0.25) is 0 Å². The van der Waals surface area contributed by atoms with Gasteiger partial charge in [-0.25, -0.2) is 9.97 Å². The van der Waals surface area contributed by atoms with Crippen LogP contribution < -0.4 is 5.32 Å². The van der Waals surface area contributed by atoms with E-state index < -0.39 is 0 Å². The monoisotopic (exact) mass is 241 g/mol. The Kier molecular flexibility index (Phi) is 4.05. The summed E-state index contributed by atoms with van der Waals surface area (Å²) in [6, 6.07) is 8.41. The number of benzene rings is 1. The number of hydrogen-bond donors (Lipinski definition) is 1. The normalized spacial score (nSPS) is 12.4. The van der Waals surface area contributed by atoms with Crippen molar-refractivity contribution >= 4 is 0 Å². The van der Waals surface area contributed by atoms with Crippen molar-refractivity contribution in [2.45, 2.75) is 26.8 Å². The number of hydrogen-bond acceptors (Lipinski definition) is 3. The minimum absolute atomic E-state index is 0.0653. The smallest absolute Gasteiger partial charge is 0.149 e. The zero-order valence-corrected chi connectivity index (χ0v) is 11.1. The molecule has 0 fully saturated rings. The molecular formula is C15H19N3. The third-order valence-corrected chi connectivity index (χ3v) is 3.12. The van der Waals surface area contributed by atoms with Crippen LogP contribution in [0.3, 0.4) is 0 Å². The lowest BCUT2D eigenvalue weighted by Crippen LogP contribution is -2.24. The molecule has 1 atom stereocenters. The first-order valence-corrected chi connectivity index (χ1v) is 6.29. The van der Waals surface area contributed by atoms with Crippen LogP contribution in [0.5, 0.6) is 0 Å². The van der Waals surface area contributed by atoms with Gasteiger partial charge in [-0.05, 0) is 43.1 Å². The van der Waals surface area contributed by atoms with Crippen LogP contribution in [0.4, 0.5) is 0 Å². The van der Waals surface area contributed by atoms with Gasteiger partial charge in [0, 0.05) is 12.4 Å². The lowest BCUT2D eigenvalue weighted by Gasteiger charge is -2.17. The first kappa shape index (κ1) is 12.7. The zero-order valence-electron chi connectivity index (χ0n) is 11.1. The van der Waals surface area contributed by atoms with Crippen molar-refractivity contribution in [2.75, 3.05) is 6.54 Å². The Morgan fingerprint density at radius 3 is 2.44 bits per heavy atom. The maximum atomic E-state index is 4.35. The van der Waals surface area contributed by atoms with E-state index in [0.29, 0.717) is 0 Å². The van der Waals surface area contributed by atoms with E-state index in [1.807, 2.05) is 6.07 Å². The molecule has 1 N–H and O–H groups in total. The molecule has 1 aromatic carbocycles. The molecule has 1 heterocycles. The maximum Gasteiger partial charge on any atom is 0.149 e. The summed E-state index contributed by atoms with van der Waals surface area (Å²) in [7, 11) is 0. The molecule has 0 saturated heterocycles. The topological polar surface area (TPSA) is 37.8 Å². The SMILES string of the molecule is CCNC(c1ccc(C)c(C)c1)c1ncccn1. The molecule has 0 radical (unpaired) electrons. The molecule has 0 spiro atoms. The van der Waals surface area contributed by atoms with Crippen molar-refractivity contribution < 1.29 is 0 Å². The standard InChI is InChI=1S/C15H19N3/c1-4-16-14(15-17-8-5-9-18-15)13-7-6-11(2)12(3)10-13/h5-10,14,16H,4H2,1-3H3. The second kappa shape index (κ2) is 5.74. The Hall–Kier alpha value is -1.74. The van der Waals surface area contributed by atoms with Gasteiger partial charge in [-0.1, -0.05) is 25.1 Å². The van der Waals surface area contributed by atoms with E-state index in [-0.39, 0.29) is 6.04 Å². The third kappa shape index (κ3) is 2.74. The van der Waals surface area contributed by atoms with Gasteiger partial charge in [0.2, 0.25) is 0 Å². The quantitative estimate of drug-likeness (QED) is 0.894. The Labute approximate surface area is 108 Å². The fourth-order valence-corrected chi connectivity index (χ4v) is 1.97. The Morgan fingerprint density at radius 2 is 1.83 bits per heavy atom. The summed E-state index contributed by atoms with van der Waals surface area (Å²) in [5, 5.41) is 3.44. The zero-order chi connectivity index (χ0) is 13.0. The molecule has 1 aromatic heterocycles. The summed E-state index contributed by atoms with van der Waals surface area (Å²) in [6.07, 6.45) is 3.57. The summed E-state index contributed by atoms with van der Waals surface area (Å²) in [5.41, 5.74) is 3.82. The molecule has 1 unspecified atom stereocenters. The summed E-state index contributed by atoms with van der Waals surface area (Å²) >= 11 is 0. The Morgan fingerprint density at radius 1 is 1.11 bits per heavy atom. The first-order chi connectivity index (χ1) is 8.72. The van der Waals surface area contributed by atoms with Crippen molar-refractivity contribution in [2.24, 2.45) is 0 Å². The van der Waals surface area contributed by atoms with Gasteiger partial charge in [-0.15, -0.1) is 0 Å². The molecule has 18 heavy (non-hydrogen) atoms. The molecule has 0 aliphatic rings. The molecular weight excluding hydrogens is 222 g/mol. The fraction of sp³-hybridized carbons (Fsp3) is 0.333. The van der Waals surface area contributed by atoms with E-state index >= 15 is 0 Å². The van der Waals surface area contributed by atoms with E-state index in [2.05, 4.69) is 54.3 Å². The van der Waals surface area contributed by atoms with Crippen molar-refractivity contribution in [1.82, 2.24) is 15.3 Å². The molecule has 0 aliphatic heterocycles. The van der Waals surface area contributed by atoms with E-state index in [1.165, 1.54) is 16.7 Å².